The maximum Gasteiger partial charge on any atom is 0.490 e. The van der Waals surface area contributed by atoms with Crippen LogP contribution < -0.4 is 14.8 Å². The Bertz CT molecular complexity index is 1610. The highest BCUT2D eigenvalue weighted by Gasteiger charge is 2.38. The number of aromatic nitrogens is 3. The summed E-state index contributed by atoms with van der Waals surface area (Å²) in [6, 6.07) is 13.1. The number of alkyl halides is 3. The summed E-state index contributed by atoms with van der Waals surface area (Å²) in [7, 11) is 3.25. The molecular weight excluding hydrogens is 597 g/mol. The summed E-state index contributed by atoms with van der Waals surface area (Å²) in [5.41, 5.74) is 4.57. The molecule has 4 aromatic rings. The van der Waals surface area contributed by atoms with Crippen LogP contribution in [-0.2, 0) is 20.8 Å². The summed E-state index contributed by atoms with van der Waals surface area (Å²) < 4.78 is 42.4. The first-order valence-corrected chi connectivity index (χ1v) is 14.0. The molecule has 0 unspecified atom stereocenters. The minimum absolute atomic E-state index is 0.119. The van der Waals surface area contributed by atoms with E-state index in [4.69, 9.17) is 24.5 Å². The van der Waals surface area contributed by atoms with E-state index in [-0.39, 0.29) is 24.8 Å². The highest BCUT2D eigenvalue weighted by atomic mass is 19.4. The van der Waals surface area contributed by atoms with Gasteiger partial charge in [0.2, 0.25) is 5.91 Å². The number of rotatable bonds is 13. The molecule has 0 spiro atoms. The van der Waals surface area contributed by atoms with E-state index >= 15 is 0 Å². The van der Waals surface area contributed by atoms with Crippen molar-refractivity contribution in [3.8, 4) is 22.8 Å². The first-order valence-electron chi connectivity index (χ1n) is 14.0. The summed E-state index contributed by atoms with van der Waals surface area (Å²) in [6.45, 7) is 1.96. The van der Waals surface area contributed by atoms with Gasteiger partial charge in [-0.25, -0.2) is 9.78 Å². The smallest absolute Gasteiger partial charge is 0.490 e. The van der Waals surface area contributed by atoms with E-state index in [1.807, 2.05) is 49.4 Å². The number of carboxylic acids is 2. The van der Waals surface area contributed by atoms with Crippen LogP contribution in [0.2, 0.25) is 0 Å². The second-order valence-corrected chi connectivity index (χ2v) is 10.1. The molecular formula is C31H35F3N4O7. The highest BCUT2D eigenvalue weighted by Crippen LogP contribution is 2.28. The van der Waals surface area contributed by atoms with Crippen LogP contribution in [0.15, 0.2) is 48.7 Å². The number of amides is 1. The fourth-order valence-electron chi connectivity index (χ4n) is 4.65. The number of imidazole rings is 1. The van der Waals surface area contributed by atoms with Crippen LogP contribution in [0.1, 0.15) is 55.2 Å². The molecule has 0 aliphatic carbocycles. The molecule has 242 valence electrons. The van der Waals surface area contributed by atoms with Gasteiger partial charge in [-0.05, 0) is 55.7 Å². The molecule has 0 saturated carbocycles. The van der Waals surface area contributed by atoms with Gasteiger partial charge >= 0.3 is 18.1 Å². The number of carbonyl (C=O) groups excluding carboxylic acids is 1. The van der Waals surface area contributed by atoms with Gasteiger partial charge in [0.1, 0.15) is 17.3 Å². The molecule has 14 heteroatoms. The highest BCUT2D eigenvalue weighted by molar-refractivity contribution is 5.91. The Morgan fingerprint density at radius 1 is 0.978 bits per heavy atom. The number of carboxylic acid groups (broad SMARTS) is 2. The minimum atomic E-state index is -5.08. The zero-order valence-corrected chi connectivity index (χ0v) is 25.0. The Morgan fingerprint density at radius 3 is 2.31 bits per heavy atom. The quantitative estimate of drug-likeness (QED) is 0.113. The second-order valence-electron chi connectivity index (χ2n) is 10.1. The van der Waals surface area contributed by atoms with Crippen LogP contribution in [0.25, 0.3) is 22.2 Å². The molecule has 11 nitrogen and oxygen atoms in total. The second kappa shape index (κ2) is 15.6. The number of aryl methyl sites for hydroxylation is 1. The maximum absolute atomic E-state index is 13.3. The van der Waals surface area contributed by atoms with Crippen LogP contribution in [0.4, 0.5) is 13.2 Å². The average molecular weight is 633 g/mol. The van der Waals surface area contributed by atoms with Crippen molar-refractivity contribution in [3.63, 3.8) is 0 Å². The summed E-state index contributed by atoms with van der Waals surface area (Å²) in [5, 5.41) is 20.2. The Balaban J connectivity index is 0.000000707. The van der Waals surface area contributed by atoms with Crippen LogP contribution >= 0.6 is 0 Å². The van der Waals surface area contributed by atoms with Crippen molar-refractivity contribution >= 4 is 28.7 Å². The van der Waals surface area contributed by atoms with Gasteiger partial charge in [0.05, 0.1) is 38.6 Å². The number of fused-ring (bicyclic) bond motifs is 1. The molecule has 0 bridgehead atoms. The fraction of sp³-hybridized carbons (Fsp3) is 0.355. The monoisotopic (exact) mass is 632 g/mol. The third-order valence-corrected chi connectivity index (χ3v) is 6.93. The third kappa shape index (κ3) is 10.0. The number of nitrogens with one attached hydrogen (secondary N) is 3. The normalized spacial score (nSPS) is 11.8. The Hall–Kier alpha value is -5.01. The molecule has 45 heavy (non-hydrogen) atoms. The molecule has 2 aromatic carbocycles. The maximum atomic E-state index is 13.3. The number of hydrogen-bond donors (Lipinski definition) is 5. The zero-order chi connectivity index (χ0) is 33.1. The van der Waals surface area contributed by atoms with Gasteiger partial charge in [-0.2, -0.15) is 13.2 Å². The molecule has 2 heterocycles. The molecule has 0 fully saturated rings. The van der Waals surface area contributed by atoms with Gasteiger partial charge in [0.25, 0.3) is 0 Å². The number of nitrogens with zero attached hydrogens (tertiary/aromatic N) is 1. The van der Waals surface area contributed by atoms with Crippen LogP contribution in [0, 0.1) is 6.92 Å². The number of aromatic amines is 2. The third-order valence-electron chi connectivity index (χ3n) is 6.93. The number of benzene rings is 2. The molecule has 0 saturated heterocycles. The number of hydrogen-bond acceptors (Lipinski definition) is 6. The lowest BCUT2D eigenvalue weighted by molar-refractivity contribution is -0.192. The van der Waals surface area contributed by atoms with Crippen molar-refractivity contribution in [3.05, 3.63) is 65.7 Å². The summed E-state index contributed by atoms with van der Waals surface area (Å²) in [4.78, 5) is 44.3. The Kier molecular flexibility index (Phi) is 12.0. The minimum Gasteiger partial charge on any atom is -0.497 e. The zero-order valence-electron chi connectivity index (χ0n) is 25.0. The van der Waals surface area contributed by atoms with Gasteiger partial charge in [-0.15, -0.1) is 0 Å². The molecule has 2 aromatic heterocycles. The standard InChI is InChI=1S/C29H34N4O5.C2HF3O2/c1-18-22(23-15-21(38-3)12-13-24(23)31-18)16-27(34)32-25(10-5-4-6-11-28(35)36)29-30-17-26(33-29)19-8-7-9-20(14-19)37-2;3-2(4,5)1(6)7/h7-9,12-15,17,25,31H,4-6,10-11,16H2,1-3H3,(H,30,33)(H,32,34)(H,35,36);(H,6,7)/t25-;/m0./s1. The van der Waals surface area contributed by atoms with E-state index in [1.165, 1.54) is 0 Å². The van der Waals surface area contributed by atoms with Crippen molar-refractivity contribution < 1.29 is 47.2 Å². The van der Waals surface area contributed by atoms with Crippen LogP contribution in [-0.4, -0.2) is 63.4 Å². The Labute approximate surface area is 256 Å². The molecule has 1 atom stereocenters. The molecule has 0 aliphatic heterocycles. The molecule has 0 aliphatic rings. The van der Waals surface area contributed by atoms with E-state index < -0.39 is 18.1 Å². The number of aliphatic carboxylic acids is 2. The first-order chi connectivity index (χ1) is 21.3. The van der Waals surface area contributed by atoms with Crippen LogP contribution in [0.3, 0.4) is 0 Å². The summed E-state index contributed by atoms with van der Waals surface area (Å²) in [6.07, 6.45) is -0.236. The lowest BCUT2D eigenvalue weighted by Crippen LogP contribution is -2.30. The largest absolute Gasteiger partial charge is 0.497 e. The molecule has 5 N–H and O–H groups in total. The van der Waals surface area contributed by atoms with E-state index in [0.29, 0.717) is 18.7 Å². The van der Waals surface area contributed by atoms with Crippen molar-refractivity contribution in [2.45, 2.75) is 57.7 Å². The molecule has 0 radical (unpaired) electrons. The van der Waals surface area contributed by atoms with Crippen molar-refractivity contribution in [1.82, 2.24) is 20.3 Å². The number of carbonyl (C=O) groups is 3. The van der Waals surface area contributed by atoms with Gasteiger partial charge < -0.3 is 35.0 Å². The van der Waals surface area contributed by atoms with Crippen LogP contribution in [0.5, 0.6) is 11.5 Å². The van der Waals surface area contributed by atoms with E-state index in [2.05, 4.69) is 20.3 Å². The van der Waals surface area contributed by atoms with Crippen molar-refractivity contribution in [1.29, 1.82) is 0 Å². The first kappa shape index (κ1) is 34.5. The topological polar surface area (TPSA) is 167 Å². The van der Waals surface area contributed by atoms with Gasteiger partial charge in [0.15, 0.2) is 0 Å². The number of halogens is 3. The fourth-order valence-corrected chi connectivity index (χ4v) is 4.65. The van der Waals surface area contributed by atoms with E-state index in [9.17, 15) is 22.8 Å². The SMILES string of the molecule is COc1cccc(-c2cnc([C@H](CCCCCC(=O)O)NC(=O)Cc3c(C)[nH]c4ccc(OC)cc34)[nH]2)c1.O=C(O)C(F)(F)F. The number of unbranched alkanes of at least 4 members (excludes halogenated alkanes) is 2. The van der Waals surface area contributed by atoms with E-state index in [0.717, 1.165) is 57.8 Å². The lowest BCUT2D eigenvalue weighted by atomic mass is 10.0. The lowest BCUT2D eigenvalue weighted by Gasteiger charge is -2.17. The van der Waals surface area contributed by atoms with Crippen molar-refractivity contribution in [2.24, 2.45) is 0 Å². The summed E-state index contributed by atoms with van der Waals surface area (Å²) >= 11 is 0. The number of H-pyrrole nitrogens is 2. The van der Waals surface area contributed by atoms with E-state index in [1.54, 1.807) is 20.4 Å². The van der Waals surface area contributed by atoms with Gasteiger partial charge in [-0.3, -0.25) is 9.59 Å². The average Bonchev–Trinajstić information content (AvgIpc) is 3.60. The number of methoxy groups -OCH3 is 2. The summed E-state index contributed by atoms with van der Waals surface area (Å²) in [5.74, 6) is -1.54. The number of ether oxygens (including phenoxy) is 2. The molecule has 4 rings (SSSR count). The Morgan fingerprint density at radius 2 is 1.67 bits per heavy atom. The van der Waals surface area contributed by atoms with Gasteiger partial charge in [0, 0.05) is 28.6 Å². The van der Waals surface area contributed by atoms with Crippen molar-refractivity contribution in [2.75, 3.05) is 14.2 Å². The molecule has 1 amide bonds. The predicted molar refractivity (Wildman–Crippen MR) is 159 cm³/mol. The predicted octanol–water partition coefficient (Wildman–Crippen LogP) is 5.95. The van der Waals surface area contributed by atoms with Gasteiger partial charge in [-0.1, -0.05) is 25.0 Å².